The highest BCUT2D eigenvalue weighted by atomic mass is 16.6. The quantitative estimate of drug-likeness (QED) is 0.682. The Morgan fingerprint density at radius 3 is 2.00 bits per heavy atom. The Kier molecular flexibility index (Phi) is 7.02. The summed E-state index contributed by atoms with van der Waals surface area (Å²) in [5, 5.41) is 13.7. The van der Waals surface area contributed by atoms with E-state index in [1.165, 1.54) is 0 Å². The molecule has 2 atom stereocenters. The van der Waals surface area contributed by atoms with Crippen LogP contribution in [0.3, 0.4) is 0 Å². The van der Waals surface area contributed by atoms with E-state index in [1.54, 1.807) is 34.6 Å². The van der Waals surface area contributed by atoms with Crippen molar-refractivity contribution in [2.45, 2.75) is 65.1 Å². The van der Waals surface area contributed by atoms with E-state index in [9.17, 15) is 14.4 Å². The number of alkyl carbamates (subject to hydrolysis) is 1. The van der Waals surface area contributed by atoms with Gasteiger partial charge in [-0.1, -0.05) is 0 Å². The van der Waals surface area contributed by atoms with Crippen molar-refractivity contribution < 1.29 is 24.2 Å². The number of amides is 2. The molecule has 0 aliphatic carbocycles. The van der Waals surface area contributed by atoms with Crippen LogP contribution < -0.4 is 10.6 Å². The molecule has 0 saturated heterocycles. The molecule has 0 aromatic rings. The van der Waals surface area contributed by atoms with Gasteiger partial charge in [-0.15, -0.1) is 0 Å². The highest BCUT2D eigenvalue weighted by Crippen LogP contribution is 2.07. The van der Waals surface area contributed by atoms with Gasteiger partial charge in [0.1, 0.15) is 5.60 Å². The van der Waals surface area contributed by atoms with Crippen molar-refractivity contribution in [3.63, 3.8) is 0 Å². The largest absolute Gasteiger partial charge is 0.481 e. The highest BCUT2D eigenvalue weighted by Gasteiger charge is 2.19. The fourth-order valence-electron chi connectivity index (χ4n) is 1.48. The summed E-state index contributed by atoms with van der Waals surface area (Å²) in [5.74, 6) is -1.29. The minimum atomic E-state index is -0.974. The predicted octanol–water partition coefficient (Wildman–Crippen LogP) is 1.27. The van der Waals surface area contributed by atoms with Gasteiger partial charge in [-0.25, -0.2) is 4.79 Å². The molecule has 7 heteroatoms. The Morgan fingerprint density at radius 1 is 1.05 bits per heavy atom. The molecule has 2 amide bonds. The zero-order valence-electron chi connectivity index (χ0n) is 12.6. The Bertz CT molecular complexity index is 362. The lowest BCUT2D eigenvalue weighted by Crippen LogP contribution is -2.42. The Balaban J connectivity index is 4.08. The molecule has 0 rings (SSSR count). The van der Waals surface area contributed by atoms with Gasteiger partial charge in [-0.05, 0) is 34.6 Å². The third kappa shape index (κ3) is 10.2. The van der Waals surface area contributed by atoms with E-state index in [4.69, 9.17) is 9.84 Å². The van der Waals surface area contributed by atoms with Crippen molar-refractivity contribution in [1.82, 2.24) is 10.6 Å². The number of nitrogens with one attached hydrogen (secondary N) is 2. The fraction of sp³-hybridized carbons (Fsp3) is 0.769. The van der Waals surface area contributed by atoms with Crippen LogP contribution in [0.15, 0.2) is 0 Å². The topological polar surface area (TPSA) is 105 Å². The van der Waals surface area contributed by atoms with Gasteiger partial charge in [-0.3, -0.25) is 9.59 Å². The molecule has 0 fully saturated rings. The van der Waals surface area contributed by atoms with Crippen LogP contribution in [0.2, 0.25) is 0 Å². The molecule has 0 bridgehead atoms. The van der Waals surface area contributed by atoms with Gasteiger partial charge < -0.3 is 20.5 Å². The van der Waals surface area contributed by atoms with Crippen LogP contribution in [0, 0.1) is 0 Å². The van der Waals surface area contributed by atoms with Crippen molar-refractivity contribution in [2.75, 3.05) is 0 Å². The number of carbonyl (C=O) groups excluding carboxylic acids is 2. The molecule has 0 aromatic heterocycles. The maximum Gasteiger partial charge on any atom is 0.407 e. The van der Waals surface area contributed by atoms with Gasteiger partial charge >= 0.3 is 12.1 Å². The number of carboxylic acid groups (broad SMARTS) is 1. The molecule has 0 heterocycles. The van der Waals surface area contributed by atoms with Gasteiger partial charge in [0.05, 0.1) is 6.42 Å². The minimum absolute atomic E-state index is 0.0587. The molecule has 0 saturated carbocycles. The Labute approximate surface area is 119 Å². The van der Waals surface area contributed by atoms with Crippen LogP contribution in [0.4, 0.5) is 4.79 Å². The monoisotopic (exact) mass is 288 g/mol. The summed E-state index contributed by atoms with van der Waals surface area (Å²) >= 11 is 0. The number of hydrogen-bond donors (Lipinski definition) is 3. The minimum Gasteiger partial charge on any atom is -0.481 e. The van der Waals surface area contributed by atoms with Gasteiger partial charge in [0.15, 0.2) is 0 Å². The maximum absolute atomic E-state index is 11.6. The number of carbonyl (C=O) groups is 3. The standard InChI is InChI=1S/C13H24N2O5/c1-8(15-12(19)20-13(3,4)5)6-10(16)14-9(2)7-11(17)18/h8-9H,6-7H2,1-5H3,(H,14,16)(H,15,19)(H,17,18)/t8-,9-/m0/s1. The van der Waals surface area contributed by atoms with Crippen molar-refractivity contribution in [2.24, 2.45) is 0 Å². The number of hydrogen-bond acceptors (Lipinski definition) is 4. The third-order valence-electron chi connectivity index (χ3n) is 2.14. The average molecular weight is 288 g/mol. The normalized spacial score (nSPS) is 14.1. The Hall–Kier alpha value is -1.79. The average Bonchev–Trinajstić information content (AvgIpc) is 2.09. The molecule has 0 spiro atoms. The van der Waals surface area contributed by atoms with Gasteiger partial charge in [-0.2, -0.15) is 0 Å². The van der Waals surface area contributed by atoms with Crippen molar-refractivity contribution in [3.8, 4) is 0 Å². The van der Waals surface area contributed by atoms with Gasteiger partial charge in [0.2, 0.25) is 5.91 Å². The summed E-state index contributed by atoms with van der Waals surface area (Å²) in [6, 6.07) is -0.851. The van der Waals surface area contributed by atoms with Crippen LogP contribution in [0.5, 0.6) is 0 Å². The summed E-state index contributed by atoms with van der Waals surface area (Å²) in [4.78, 5) is 33.6. The van der Waals surface area contributed by atoms with E-state index in [-0.39, 0.29) is 18.7 Å². The first-order valence-electron chi connectivity index (χ1n) is 6.50. The summed E-state index contributed by atoms with van der Waals surface area (Å²) in [6.07, 6.45) is -0.667. The Morgan fingerprint density at radius 2 is 1.55 bits per heavy atom. The van der Waals surface area contributed by atoms with Crippen molar-refractivity contribution >= 4 is 18.0 Å². The second-order valence-electron chi connectivity index (χ2n) is 5.82. The lowest BCUT2D eigenvalue weighted by atomic mass is 10.2. The van der Waals surface area contributed by atoms with E-state index in [2.05, 4.69) is 10.6 Å². The molecule has 0 aliphatic heterocycles. The van der Waals surface area contributed by atoms with E-state index < -0.39 is 29.7 Å². The predicted molar refractivity (Wildman–Crippen MR) is 73.3 cm³/mol. The van der Waals surface area contributed by atoms with Crippen molar-refractivity contribution in [3.05, 3.63) is 0 Å². The molecular formula is C13H24N2O5. The molecule has 20 heavy (non-hydrogen) atoms. The molecule has 116 valence electrons. The molecular weight excluding hydrogens is 264 g/mol. The van der Waals surface area contributed by atoms with Crippen LogP contribution in [-0.2, 0) is 14.3 Å². The lowest BCUT2D eigenvalue weighted by Gasteiger charge is -2.22. The zero-order valence-corrected chi connectivity index (χ0v) is 12.6. The van der Waals surface area contributed by atoms with Crippen molar-refractivity contribution in [1.29, 1.82) is 0 Å². The summed E-state index contributed by atoms with van der Waals surface area (Å²) in [7, 11) is 0. The summed E-state index contributed by atoms with van der Waals surface area (Å²) < 4.78 is 5.06. The lowest BCUT2D eigenvalue weighted by molar-refractivity contribution is -0.137. The van der Waals surface area contributed by atoms with E-state index in [1.807, 2.05) is 0 Å². The highest BCUT2D eigenvalue weighted by molar-refractivity contribution is 5.78. The van der Waals surface area contributed by atoms with E-state index in [0.29, 0.717) is 0 Å². The van der Waals surface area contributed by atoms with Gasteiger partial charge in [0, 0.05) is 18.5 Å². The first kappa shape index (κ1) is 18.2. The van der Waals surface area contributed by atoms with E-state index >= 15 is 0 Å². The number of rotatable bonds is 6. The third-order valence-corrected chi connectivity index (χ3v) is 2.14. The second-order valence-corrected chi connectivity index (χ2v) is 5.82. The van der Waals surface area contributed by atoms with E-state index in [0.717, 1.165) is 0 Å². The maximum atomic E-state index is 11.6. The molecule has 0 aliphatic rings. The summed E-state index contributed by atoms with van der Waals surface area (Å²) in [5.41, 5.74) is -0.595. The van der Waals surface area contributed by atoms with Crippen LogP contribution in [0.1, 0.15) is 47.5 Å². The fourth-order valence-corrected chi connectivity index (χ4v) is 1.48. The van der Waals surface area contributed by atoms with Crippen LogP contribution >= 0.6 is 0 Å². The molecule has 0 aromatic carbocycles. The van der Waals surface area contributed by atoms with Gasteiger partial charge in [0.25, 0.3) is 0 Å². The number of ether oxygens (including phenoxy) is 1. The molecule has 0 unspecified atom stereocenters. The number of aliphatic carboxylic acids is 1. The zero-order chi connectivity index (χ0) is 15.9. The SMILES string of the molecule is C[C@@H](CC(=O)O)NC(=O)C[C@H](C)NC(=O)OC(C)(C)C. The smallest absolute Gasteiger partial charge is 0.407 e. The second kappa shape index (κ2) is 7.72. The first-order chi connectivity index (χ1) is 8.99. The molecule has 0 radical (unpaired) electrons. The first-order valence-corrected chi connectivity index (χ1v) is 6.50. The van der Waals surface area contributed by atoms with Crippen LogP contribution in [-0.4, -0.2) is 40.8 Å². The molecule has 7 nitrogen and oxygen atoms in total. The molecule has 3 N–H and O–H groups in total. The number of carboxylic acids is 1. The van der Waals surface area contributed by atoms with Crippen LogP contribution in [0.25, 0.3) is 0 Å². The summed E-state index contributed by atoms with van der Waals surface area (Å²) in [6.45, 7) is 8.52.